The number of benzene rings is 1. The largest absolute Gasteiger partial charge is 0.454 e. The number of morpholine rings is 1. The molecule has 0 saturated carbocycles. The van der Waals surface area contributed by atoms with Gasteiger partial charge in [0.25, 0.3) is 5.91 Å². The molecule has 0 aliphatic carbocycles. The first-order chi connectivity index (χ1) is 11.7. The first kappa shape index (κ1) is 15.0. The molecule has 1 aromatic rings. The molecule has 2 amide bonds. The molecule has 0 N–H and O–H groups in total. The predicted molar refractivity (Wildman–Crippen MR) is 83.9 cm³/mol. The van der Waals surface area contributed by atoms with Gasteiger partial charge in [-0.1, -0.05) is 6.08 Å². The predicted octanol–water partition coefficient (Wildman–Crippen LogP) is 0.653. The van der Waals surface area contributed by atoms with E-state index in [4.69, 9.17) is 14.2 Å². The van der Waals surface area contributed by atoms with Gasteiger partial charge in [0.15, 0.2) is 11.5 Å². The zero-order valence-electron chi connectivity index (χ0n) is 13.1. The fraction of sp³-hybridized carbons (Fsp3) is 0.412. The maximum Gasteiger partial charge on any atom is 0.254 e. The third kappa shape index (κ3) is 2.41. The lowest BCUT2D eigenvalue weighted by Gasteiger charge is -2.35. The molecule has 2 fully saturated rings. The highest BCUT2D eigenvalue weighted by atomic mass is 16.7. The van der Waals surface area contributed by atoms with E-state index in [9.17, 15) is 9.59 Å². The Hall–Kier alpha value is -2.54. The van der Waals surface area contributed by atoms with Crippen LogP contribution in [0, 0.1) is 0 Å². The lowest BCUT2D eigenvalue weighted by Crippen LogP contribution is -2.53. The van der Waals surface area contributed by atoms with Crippen LogP contribution in [-0.2, 0) is 9.53 Å². The van der Waals surface area contributed by atoms with Crippen LogP contribution in [0.25, 0.3) is 0 Å². The van der Waals surface area contributed by atoms with Gasteiger partial charge in [0.05, 0.1) is 12.1 Å². The van der Waals surface area contributed by atoms with Crippen molar-refractivity contribution >= 4 is 11.8 Å². The van der Waals surface area contributed by atoms with Crippen LogP contribution in [0.15, 0.2) is 30.9 Å². The molecule has 0 unspecified atom stereocenters. The summed E-state index contributed by atoms with van der Waals surface area (Å²) >= 11 is 0. The fourth-order valence-corrected chi connectivity index (χ4v) is 3.42. The van der Waals surface area contributed by atoms with Gasteiger partial charge < -0.3 is 24.0 Å². The van der Waals surface area contributed by atoms with Crippen molar-refractivity contribution in [1.29, 1.82) is 0 Å². The Labute approximate surface area is 139 Å². The first-order valence-electron chi connectivity index (χ1n) is 7.88. The molecule has 0 radical (unpaired) electrons. The summed E-state index contributed by atoms with van der Waals surface area (Å²) in [5.74, 6) is 1.07. The second-order valence-electron chi connectivity index (χ2n) is 6.03. The molecule has 4 rings (SSSR count). The van der Waals surface area contributed by atoms with Crippen molar-refractivity contribution < 1.29 is 23.8 Å². The van der Waals surface area contributed by atoms with Gasteiger partial charge in [0, 0.05) is 25.2 Å². The third-order valence-electron chi connectivity index (χ3n) is 4.61. The minimum atomic E-state index is -0.152. The second kappa shape index (κ2) is 5.83. The summed E-state index contributed by atoms with van der Waals surface area (Å²) in [6, 6.07) is 5.04. The van der Waals surface area contributed by atoms with E-state index in [0.717, 1.165) is 0 Å². The summed E-state index contributed by atoms with van der Waals surface area (Å²) in [5.41, 5.74) is 0.541. The van der Waals surface area contributed by atoms with E-state index in [1.54, 1.807) is 34.1 Å². The Morgan fingerprint density at radius 3 is 2.96 bits per heavy atom. The molecular formula is C17H18N2O5. The molecule has 7 nitrogen and oxygen atoms in total. The zero-order chi connectivity index (χ0) is 16.7. The zero-order valence-corrected chi connectivity index (χ0v) is 13.1. The van der Waals surface area contributed by atoms with Gasteiger partial charge in [-0.05, 0) is 18.2 Å². The molecule has 0 bridgehead atoms. The molecule has 0 spiro atoms. The van der Waals surface area contributed by atoms with Gasteiger partial charge in [0.1, 0.15) is 6.61 Å². The Bertz CT molecular complexity index is 704. The second-order valence-corrected chi connectivity index (χ2v) is 6.03. The van der Waals surface area contributed by atoms with E-state index in [0.29, 0.717) is 36.7 Å². The van der Waals surface area contributed by atoms with Gasteiger partial charge in [-0.15, -0.1) is 6.58 Å². The van der Waals surface area contributed by atoms with E-state index >= 15 is 0 Å². The van der Waals surface area contributed by atoms with Gasteiger partial charge in [-0.3, -0.25) is 9.59 Å². The minimum Gasteiger partial charge on any atom is -0.454 e. The van der Waals surface area contributed by atoms with Crippen LogP contribution < -0.4 is 9.47 Å². The highest BCUT2D eigenvalue weighted by molar-refractivity contribution is 5.95. The van der Waals surface area contributed by atoms with Crippen LogP contribution in [0.3, 0.4) is 0 Å². The number of rotatable bonds is 3. The molecule has 2 atom stereocenters. The highest BCUT2D eigenvalue weighted by Gasteiger charge is 2.44. The number of hydrogen-bond acceptors (Lipinski definition) is 5. The van der Waals surface area contributed by atoms with Gasteiger partial charge in [0.2, 0.25) is 12.7 Å². The minimum absolute atomic E-state index is 0.0566. The topological polar surface area (TPSA) is 68.3 Å². The molecule has 3 heterocycles. The molecule has 0 aromatic heterocycles. The van der Waals surface area contributed by atoms with Crippen molar-refractivity contribution in [2.45, 2.75) is 12.1 Å². The summed E-state index contributed by atoms with van der Waals surface area (Å²) in [6.07, 6.45) is 1.54. The molecule has 1 aromatic carbocycles. The molecule has 7 heteroatoms. The monoisotopic (exact) mass is 330 g/mol. The lowest BCUT2D eigenvalue weighted by molar-refractivity contribution is -0.151. The number of ether oxygens (including phenoxy) is 3. The number of carbonyl (C=O) groups excluding carboxylic acids is 2. The summed E-state index contributed by atoms with van der Waals surface area (Å²) in [5, 5.41) is 0. The third-order valence-corrected chi connectivity index (χ3v) is 4.61. The highest BCUT2D eigenvalue weighted by Crippen LogP contribution is 2.33. The number of likely N-dealkylation sites (tertiary alicyclic amines) is 1. The van der Waals surface area contributed by atoms with E-state index in [2.05, 4.69) is 6.58 Å². The SMILES string of the molecule is C=CCN1C(=O)CO[C@@H]2CN(C(=O)c3ccc4c(c3)OCO4)C[C@H]21. The smallest absolute Gasteiger partial charge is 0.254 e. The number of hydrogen-bond donors (Lipinski definition) is 0. The first-order valence-corrected chi connectivity index (χ1v) is 7.88. The van der Waals surface area contributed by atoms with Crippen molar-refractivity contribution in [2.75, 3.05) is 33.0 Å². The number of nitrogens with zero attached hydrogens (tertiary/aromatic N) is 2. The standard InChI is InChI=1S/C17H18N2O5/c1-2-5-19-12-7-18(8-15(12)22-9-16(19)20)17(21)11-3-4-13-14(6-11)24-10-23-13/h2-4,6,12,15H,1,5,7-10H2/t12-,15-/m1/s1. The van der Waals surface area contributed by atoms with Gasteiger partial charge in [-0.2, -0.15) is 0 Å². The number of carbonyl (C=O) groups is 2. The van der Waals surface area contributed by atoms with Crippen LogP contribution in [0.1, 0.15) is 10.4 Å². The lowest BCUT2D eigenvalue weighted by atomic mass is 10.1. The number of amides is 2. The molecule has 126 valence electrons. The van der Waals surface area contributed by atoms with E-state index in [1.165, 1.54) is 0 Å². The average molecular weight is 330 g/mol. The van der Waals surface area contributed by atoms with Crippen molar-refractivity contribution in [2.24, 2.45) is 0 Å². The van der Waals surface area contributed by atoms with Gasteiger partial charge >= 0.3 is 0 Å². The van der Waals surface area contributed by atoms with Crippen LogP contribution in [-0.4, -0.2) is 66.8 Å². The average Bonchev–Trinajstić information content (AvgIpc) is 3.22. The van der Waals surface area contributed by atoms with Crippen LogP contribution in [0.2, 0.25) is 0 Å². The molecule has 3 aliphatic rings. The van der Waals surface area contributed by atoms with E-state index < -0.39 is 0 Å². The van der Waals surface area contributed by atoms with Crippen molar-refractivity contribution in [3.05, 3.63) is 36.4 Å². The Kier molecular flexibility index (Phi) is 3.65. The molecule has 2 saturated heterocycles. The van der Waals surface area contributed by atoms with Crippen LogP contribution >= 0.6 is 0 Å². The Balaban J connectivity index is 1.52. The number of fused-ring (bicyclic) bond motifs is 2. The maximum absolute atomic E-state index is 12.8. The molecule has 24 heavy (non-hydrogen) atoms. The normalized spacial score (nSPS) is 24.9. The summed E-state index contributed by atoms with van der Waals surface area (Å²) in [4.78, 5) is 28.3. The van der Waals surface area contributed by atoms with E-state index in [1.807, 2.05) is 0 Å². The Morgan fingerprint density at radius 2 is 2.12 bits per heavy atom. The summed E-state index contributed by atoms with van der Waals surface area (Å²) in [6.45, 7) is 5.32. The van der Waals surface area contributed by atoms with Gasteiger partial charge in [-0.25, -0.2) is 0 Å². The summed E-state index contributed by atoms with van der Waals surface area (Å²) < 4.78 is 16.2. The Morgan fingerprint density at radius 1 is 1.29 bits per heavy atom. The van der Waals surface area contributed by atoms with Crippen LogP contribution in [0.5, 0.6) is 11.5 Å². The molecule has 3 aliphatic heterocycles. The summed E-state index contributed by atoms with van der Waals surface area (Å²) in [7, 11) is 0. The van der Waals surface area contributed by atoms with Crippen molar-refractivity contribution in [1.82, 2.24) is 9.80 Å². The maximum atomic E-state index is 12.8. The van der Waals surface area contributed by atoms with E-state index in [-0.39, 0.29) is 37.4 Å². The van der Waals surface area contributed by atoms with Crippen molar-refractivity contribution in [3.8, 4) is 11.5 Å². The molecular weight excluding hydrogens is 312 g/mol. The quantitative estimate of drug-likeness (QED) is 0.762. The van der Waals surface area contributed by atoms with Crippen molar-refractivity contribution in [3.63, 3.8) is 0 Å². The fourth-order valence-electron chi connectivity index (χ4n) is 3.42. The van der Waals surface area contributed by atoms with Crippen LogP contribution in [0.4, 0.5) is 0 Å².